The van der Waals surface area contributed by atoms with Crippen LogP contribution in [0.5, 0.6) is 0 Å². The Morgan fingerprint density at radius 1 is 1.35 bits per heavy atom. The summed E-state index contributed by atoms with van der Waals surface area (Å²) in [6, 6.07) is 3.31. The molecule has 1 heterocycles. The summed E-state index contributed by atoms with van der Waals surface area (Å²) in [5.41, 5.74) is 2.89. The molecule has 1 N–H and O–H groups in total. The largest absolute Gasteiger partial charge is 0.306 e. The van der Waals surface area contributed by atoms with E-state index in [-0.39, 0.29) is 11.4 Å². The molecule has 2 aromatic rings. The topological polar surface area (TPSA) is 29.9 Å². The number of nitrogens with one attached hydrogen (secondary N) is 1. The average molecular weight is 340 g/mol. The van der Waals surface area contributed by atoms with E-state index in [1.807, 2.05) is 17.7 Å². The van der Waals surface area contributed by atoms with Gasteiger partial charge in [0.05, 0.1) is 22.2 Å². The maximum atomic E-state index is 13.5. The zero-order chi connectivity index (χ0) is 14.9. The highest BCUT2D eigenvalue weighted by Crippen LogP contribution is 2.24. The van der Waals surface area contributed by atoms with Gasteiger partial charge >= 0.3 is 0 Å². The minimum Gasteiger partial charge on any atom is -0.306 e. The van der Waals surface area contributed by atoms with Crippen LogP contribution in [-0.4, -0.2) is 15.1 Å². The van der Waals surface area contributed by atoms with Crippen molar-refractivity contribution < 1.29 is 4.39 Å². The van der Waals surface area contributed by atoms with Gasteiger partial charge in [-0.1, -0.05) is 0 Å². The number of nitrogens with zero attached hydrogens (tertiary/aromatic N) is 2. The molecular formula is C15H19BrFN3. The maximum absolute atomic E-state index is 13.5. The van der Waals surface area contributed by atoms with E-state index in [4.69, 9.17) is 0 Å². The first-order valence-corrected chi connectivity index (χ1v) is 7.29. The van der Waals surface area contributed by atoms with Crippen LogP contribution in [0.2, 0.25) is 0 Å². The molecule has 0 aliphatic heterocycles. The fourth-order valence-corrected chi connectivity index (χ4v) is 2.25. The van der Waals surface area contributed by atoms with Crippen LogP contribution in [0.15, 0.2) is 29.1 Å². The fraction of sp³-hybridized carbons (Fsp3) is 0.400. The average Bonchev–Trinajstić information content (AvgIpc) is 2.78. The van der Waals surface area contributed by atoms with E-state index in [0.717, 1.165) is 16.9 Å². The van der Waals surface area contributed by atoms with Gasteiger partial charge in [0.25, 0.3) is 0 Å². The molecule has 0 saturated heterocycles. The Morgan fingerprint density at radius 2 is 2.05 bits per heavy atom. The number of hydrogen-bond acceptors (Lipinski definition) is 2. The van der Waals surface area contributed by atoms with E-state index >= 15 is 0 Å². The van der Waals surface area contributed by atoms with Crippen LogP contribution >= 0.6 is 15.9 Å². The standard InChI is InChI=1S/C15H19BrFN3/c1-10-5-13(17)12(16)6-14(10)20-9-18-7-11(20)8-19-15(2,3)4/h5-7,9,19H,8H2,1-4H3. The quantitative estimate of drug-likeness (QED) is 0.916. The Hall–Kier alpha value is -1.20. The third-order valence-electron chi connectivity index (χ3n) is 3.01. The van der Waals surface area contributed by atoms with Gasteiger partial charge in [-0.05, 0) is 61.3 Å². The minimum absolute atomic E-state index is 0.0352. The van der Waals surface area contributed by atoms with Gasteiger partial charge in [-0.2, -0.15) is 0 Å². The van der Waals surface area contributed by atoms with Crippen molar-refractivity contribution in [2.45, 2.75) is 39.8 Å². The third-order valence-corrected chi connectivity index (χ3v) is 3.62. The van der Waals surface area contributed by atoms with Crippen LogP contribution in [0, 0.1) is 12.7 Å². The Labute approximate surface area is 127 Å². The summed E-state index contributed by atoms with van der Waals surface area (Å²) in [4.78, 5) is 4.21. The lowest BCUT2D eigenvalue weighted by atomic mass is 10.1. The molecule has 0 radical (unpaired) electrons. The minimum atomic E-state index is -0.249. The van der Waals surface area contributed by atoms with Gasteiger partial charge in [0.15, 0.2) is 0 Å². The first kappa shape index (κ1) is 15.2. The van der Waals surface area contributed by atoms with Crippen molar-refractivity contribution in [3.8, 4) is 5.69 Å². The Kier molecular flexibility index (Phi) is 4.30. The molecule has 0 spiro atoms. The molecule has 0 unspecified atom stereocenters. The second-order valence-electron chi connectivity index (χ2n) is 5.91. The molecule has 3 nitrogen and oxygen atoms in total. The zero-order valence-corrected chi connectivity index (χ0v) is 13.8. The molecule has 0 aliphatic rings. The molecule has 0 atom stereocenters. The molecule has 0 amide bonds. The highest BCUT2D eigenvalue weighted by Gasteiger charge is 2.13. The zero-order valence-electron chi connectivity index (χ0n) is 12.2. The fourth-order valence-electron chi connectivity index (χ4n) is 1.92. The van der Waals surface area contributed by atoms with Crippen LogP contribution < -0.4 is 5.32 Å². The summed E-state index contributed by atoms with van der Waals surface area (Å²) in [7, 11) is 0. The van der Waals surface area contributed by atoms with Crippen molar-refractivity contribution in [1.82, 2.24) is 14.9 Å². The summed E-state index contributed by atoms with van der Waals surface area (Å²) >= 11 is 3.24. The lowest BCUT2D eigenvalue weighted by Gasteiger charge is -2.21. The van der Waals surface area contributed by atoms with Gasteiger partial charge < -0.3 is 9.88 Å². The van der Waals surface area contributed by atoms with Crippen LogP contribution in [0.3, 0.4) is 0 Å². The van der Waals surface area contributed by atoms with E-state index < -0.39 is 0 Å². The third kappa shape index (κ3) is 3.46. The van der Waals surface area contributed by atoms with Crippen molar-refractivity contribution >= 4 is 15.9 Å². The van der Waals surface area contributed by atoms with Crippen LogP contribution in [0.1, 0.15) is 32.0 Å². The van der Waals surface area contributed by atoms with Crippen LogP contribution in [-0.2, 0) is 6.54 Å². The van der Waals surface area contributed by atoms with Gasteiger partial charge in [0.1, 0.15) is 5.82 Å². The second kappa shape index (κ2) is 5.66. The van der Waals surface area contributed by atoms with Gasteiger partial charge in [-0.3, -0.25) is 0 Å². The summed E-state index contributed by atoms with van der Waals surface area (Å²) in [5.74, 6) is -0.249. The molecule has 1 aromatic heterocycles. The van der Waals surface area contributed by atoms with E-state index in [9.17, 15) is 4.39 Å². The van der Waals surface area contributed by atoms with Crippen molar-refractivity contribution in [2.24, 2.45) is 0 Å². The van der Waals surface area contributed by atoms with Crippen molar-refractivity contribution in [1.29, 1.82) is 0 Å². The first-order valence-electron chi connectivity index (χ1n) is 6.50. The number of benzene rings is 1. The number of halogens is 2. The first-order chi connectivity index (χ1) is 9.28. The molecule has 0 fully saturated rings. The number of aryl methyl sites for hydroxylation is 1. The van der Waals surface area contributed by atoms with Crippen molar-refractivity contribution in [2.75, 3.05) is 0 Å². The number of hydrogen-bond donors (Lipinski definition) is 1. The predicted molar refractivity (Wildman–Crippen MR) is 82.6 cm³/mol. The van der Waals surface area contributed by atoms with E-state index in [1.54, 1.807) is 12.4 Å². The predicted octanol–water partition coefficient (Wildman–Crippen LogP) is 3.97. The van der Waals surface area contributed by atoms with Crippen LogP contribution in [0.4, 0.5) is 4.39 Å². The molecule has 1 aromatic carbocycles. The number of aromatic nitrogens is 2. The number of rotatable bonds is 3. The second-order valence-corrected chi connectivity index (χ2v) is 6.77. The summed E-state index contributed by atoms with van der Waals surface area (Å²) in [6.07, 6.45) is 3.59. The van der Waals surface area contributed by atoms with Gasteiger partial charge in [-0.15, -0.1) is 0 Å². The smallest absolute Gasteiger partial charge is 0.137 e. The Bertz CT molecular complexity index is 614. The maximum Gasteiger partial charge on any atom is 0.137 e. The molecule has 20 heavy (non-hydrogen) atoms. The molecular weight excluding hydrogens is 321 g/mol. The van der Waals surface area contributed by atoms with E-state index in [1.165, 1.54) is 6.07 Å². The molecule has 0 saturated carbocycles. The van der Waals surface area contributed by atoms with Gasteiger partial charge in [0.2, 0.25) is 0 Å². The highest BCUT2D eigenvalue weighted by molar-refractivity contribution is 9.10. The molecule has 108 valence electrons. The lowest BCUT2D eigenvalue weighted by molar-refractivity contribution is 0.419. The monoisotopic (exact) mass is 339 g/mol. The summed E-state index contributed by atoms with van der Waals surface area (Å²) < 4.78 is 16.0. The van der Waals surface area contributed by atoms with Crippen molar-refractivity contribution in [3.63, 3.8) is 0 Å². The SMILES string of the molecule is Cc1cc(F)c(Br)cc1-n1cncc1CNC(C)(C)C. The van der Waals surface area contributed by atoms with Gasteiger partial charge in [-0.25, -0.2) is 9.37 Å². The Morgan fingerprint density at radius 3 is 2.70 bits per heavy atom. The van der Waals surface area contributed by atoms with E-state index in [2.05, 4.69) is 47.0 Å². The molecule has 0 bridgehead atoms. The molecule has 5 heteroatoms. The normalized spacial score (nSPS) is 11.9. The van der Waals surface area contributed by atoms with E-state index in [0.29, 0.717) is 11.0 Å². The van der Waals surface area contributed by atoms with Gasteiger partial charge in [0, 0.05) is 18.3 Å². The van der Waals surface area contributed by atoms with Crippen molar-refractivity contribution in [3.05, 3.63) is 46.2 Å². The molecule has 0 aliphatic carbocycles. The summed E-state index contributed by atoms with van der Waals surface area (Å²) in [6.45, 7) is 8.96. The highest BCUT2D eigenvalue weighted by atomic mass is 79.9. The summed E-state index contributed by atoms with van der Waals surface area (Å²) in [5, 5.41) is 3.43. The molecule has 2 rings (SSSR count). The van der Waals surface area contributed by atoms with Crippen LogP contribution in [0.25, 0.3) is 5.69 Å². The number of imidazole rings is 1. The lowest BCUT2D eigenvalue weighted by Crippen LogP contribution is -2.35. The Balaban J connectivity index is 2.35.